The van der Waals surface area contributed by atoms with Crippen molar-refractivity contribution in [2.75, 3.05) is 4.72 Å². The number of hydrogen-bond donors (Lipinski definition) is 2. The largest absolute Gasteiger partial charge is 0.389 e. The van der Waals surface area contributed by atoms with Crippen LogP contribution in [0.25, 0.3) is 0 Å². The Morgan fingerprint density at radius 3 is 2.30 bits per heavy atom. The summed E-state index contributed by atoms with van der Waals surface area (Å²) in [6.07, 6.45) is 0. The van der Waals surface area contributed by atoms with Crippen LogP contribution in [0.5, 0.6) is 0 Å². The van der Waals surface area contributed by atoms with Gasteiger partial charge >= 0.3 is 0 Å². The molecule has 20 heavy (non-hydrogen) atoms. The lowest BCUT2D eigenvalue weighted by molar-refractivity contribution is 0.603. The van der Waals surface area contributed by atoms with E-state index in [2.05, 4.69) is 4.72 Å². The Kier molecular flexibility index (Phi) is 4.55. The number of hydrogen-bond acceptors (Lipinski definition) is 4. The highest BCUT2D eigenvalue weighted by molar-refractivity contribution is 7.94. The minimum Gasteiger partial charge on any atom is -0.389 e. The van der Waals surface area contributed by atoms with E-state index in [1.807, 2.05) is 0 Å². The molecule has 2 aromatic rings. The van der Waals surface area contributed by atoms with Crippen LogP contribution in [0.3, 0.4) is 0 Å². The number of nitrogens with one attached hydrogen (secondary N) is 1. The summed E-state index contributed by atoms with van der Waals surface area (Å²) in [5.41, 5.74) is 5.74. The van der Waals surface area contributed by atoms with Gasteiger partial charge in [0, 0.05) is 10.0 Å². The van der Waals surface area contributed by atoms with Gasteiger partial charge in [-0.3, -0.25) is 4.72 Å². The highest BCUT2D eigenvalue weighted by Crippen LogP contribution is 2.27. The van der Waals surface area contributed by atoms with E-state index in [1.54, 1.807) is 6.07 Å². The predicted molar refractivity (Wildman–Crippen MR) is 87.5 cm³/mol. The van der Waals surface area contributed by atoms with Gasteiger partial charge in [-0.25, -0.2) is 8.42 Å². The lowest BCUT2D eigenvalue weighted by atomic mass is 10.3. The quantitative estimate of drug-likeness (QED) is 0.812. The molecule has 106 valence electrons. The average Bonchev–Trinajstić information content (AvgIpc) is 2.76. The van der Waals surface area contributed by atoms with Crippen LogP contribution < -0.4 is 10.5 Å². The zero-order valence-electron chi connectivity index (χ0n) is 9.76. The molecule has 0 radical (unpaired) electrons. The van der Waals surface area contributed by atoms with Crippen LogP contribution in [0.2, 0.25) is 10.0 Å². The van der Waals surface area contributed by atoms with Gasteiger partial charge in [0.1, 0.15) is 9.20 Å². The first-order chi connectivity index (χ1) is 9.28. The van der Waals surface area contributed by atoms with Gasteiger partial charge in [-0.15, -0.1) is 11.3 Å². The molecule has 0 saturated carbocycles. The Morgan fingerprint density at radius 1 is 1.20 bits per heavy atom. The number of anilines is 1. The van der Waals surface area contributed by atoms with E-state index in [4.69, 9.17) is 41.2 Å². The molecule has 0 fully saturated rings. The molecule has 9 heteroatoms. The van der Waals surface area contributed by atoms with Gasteiger partial charge in [0.25, 0.3) is 10.0 Å². The van der Waals surface area contributed by atoms with Crippen molar-refractivity contribution in [2.24, 2.45) is 5.73 Å². The molecule has 0 unspecified atom stereocenters. The van der Waals surface area contributed by atoms with E-state index < -0.39 is 10.0 Å². The zero-order valence-corrected chi connectivity index (χ0v) is 13.7. The molecule has 1 aromatic carbocycles. The summed E-state index contributed by atoms with van der Waals surface area (Å²) in [5.74, 6) is 0. The van der Waals surface area contributed by atoms with Crippen LogP contribution in [-0.4, -0.2) is 13.4 Å². The summed E-state index contributed by atoms with van der Waals surface area (Å²) in [7, 11) is -3.72. The lowest BCUT2D eigenvalue weighted by Gasteiger charge is -2.07. The summed E-state index contributed by atoms with van der Waals surface area (Å²) in [4.78, 5) is 0.687. The topological polar surface area (TPSA) is 72.2 Å². The van der Waals surface area contributed by atoms with E-state index >= 15 is 0 Å². The molecule has 0 bridgehead atoms. The van der Waals surface area contributed by atoms with Crippen molar-refractivity contribution in [1.82, 2.24) is 0 Å². The Balaban J connectivity index is 2.32. The Labute approximate surface area is 135 Å². The van der Waals surface area contributed by atoms with Gasteiger partial charge in [-0.2, -0.15) is 0 Å². The number of halogens is 2. The Hall–Kier alpha value is -0.860. The van der Waals surface area contributed by atoms with Crippen molar-refractivity contribution in [1.29, 1.82) is 0 Å². The van der Waals surface area contributed by atoms with Crippen molar-refractivity contribution < 1.29 is 8.42 Å². The first kappa shape index (κ1) is 15.5. The number of rotatable bonds is 4. The minimum absolute atomic E-state index is 0.108. The second kappa shape index (κ2) is 5.87. The maximum Gasteiger partial charge on any atom is 0.271 e. The van der Waals surface area contributed by atoms with Crippen LogP contribution in [0.4, 0.5) is 5.69 Å². The number of thiophene rings is 1. The lowest BCUT2D eigenvalue weighted by Crippen LogP contribution is -2.11. The van der Waals surface area contributed by atoms with E-state index in [0.717, 1.165) is 11.3 Å². The highest BCUT2D eigenvalue weighted by atomic mass is 35.5. The number of sulfonamides is 1. The van der Waals surface area contributed by atoms with Crippen LogP contribution in [0.15, 0.2) is 34.5 Å². The maximum absolute atomic E-state index is 12.2. The first-order valence-electron chi connectivity index (χ1n) is 5.16. The third-order valence-electron chi connectivity index (χ3n) is 2.20. The first-order valence-corrected chi connectivity index (χ1v) is 8.63. The van der Waals surface area contributed by atoms with Crippen molar-refractivity contribution in [2.45, 2.75) is 4.21 Å². The molecule has 0 saturated heterocycles. The molecule has 2 rings (SSSR count). The monoisotopic (exact) mass is 366 g/mol. The second-order valence-electron chi connectivity index (χ2n) is 3.75. The van der Waals surface area contributed by atoms with Gasteiger partial charge in [-0.1, -0.05) is 35.4 Å². The Bertz CT molecular complexity index is 751. The summed E-state index contributed by atoms with van der Waals surface area (Å²) >= 11 is 17.4. The van der Waals surface area contributed by atoms with Crippen LogP contribution in [-0.2, 0) is 10.0 Å². The number of benzene rings is 1. The fourth-order valence-electron chi connectivity index (χ4n) is 1.42. The van der Waals surface area contributed by atoms with Crippen molar-refractivity contribution in [3.05, 3.63) is 45.3 Å². The fourth-order valence-corrected chi connectivity index (χ4v) is 4.33. The van der Waals surface area contributed by atoms with E-state index in [0.29, 0.717) is 14.9 Å². The van der Waals surface area contributed by atoms with E-state index in [1.165, 1.54) is 24.3 Å². The smallest absolute Gasteiger partial charge is 0.271 e. The summed E-state index contributed by atoms with van der Waals surface area (Å²) in [6.45, 7) is 0. The van der Waals surface area contributed by atoms with Gasteiger partial charge in [0.05, 0.1) is 10.6 Å². The third-order valence-corrected chi connectivity index (χ3v) is 5.98. The SMILES string of the molecule is NC(=S)c1ccc(S(=O)(=O)Nc2cc(Cl)cc(Cl)c2)s1. The zero-order chi connectivity index (χ0) is 14.9. The van der Waals surface area contributed by atoms with Crippen molar-refractivity contribution >= 4 is 67.5 Å². The molecule has 0 aliphatic heterocycles. The standard InChI is InChI=1S/C11H8Cl2N2O2S3/c12-6-3-7(13)5-8(4-6)15-20(16,17)10-2-1-9(19-10)11(14)18/h1-5,15H,(H2,14,18). The normalized spacial score (nSPS) is 11.3. The molecular weight excluding hydrogens is 359 g/mol. The fraction of sp³-hybridized carbons (Fsp3) is 0. The summed E-state index contributed by atoms with van der Waals surface area (Å²) in [5, 5.41) is 0.676. The molecule has 4 nitrogen and oxygen atoms in total. The molecular formula is C11H8Cl2N2O2S3. The molecule has 0 atom stereocenters. The molecule has 0 spiro atoms. The van der Waals surface area contributed by atoms with E-state index in [9.17, 15) is 8.42 Å². The highest BCUT2D eigenvalue weighted by Gasteiger charge is 2.18. The second-order valence-corrected chi connectivity index (χ2v) is 8.05. The van der Waals surface area contributed by atoms with E-state index in [-0.39, 0.29) is 14.9 Å². The summed E-state index contributed by atoms with van der Waals surface area (Å²) < 4.78 is 26.9. The molecule has 1 heterocycles. The average molecular weight is 367 g/mol. The van der Waals surface area contributed by atoms with Gasteiger partial charge in [0.2, 0.25) is 0 Å². The minimum atomic E-state index is -3.72. The van der Waals surface area contributed by atoms with Gasteiger partial charge < -0.3 is 5.73 Å². The van der Waals surface area contributed by atoms with Gasteiger partial charge in [-0.05, 0) is 30.3 Å². The summed E-state index contributed by atoms with van der Waals surface area (Å²) in [6, 6.07) is 7.44. The van der Waals surface area contributed by atoms with Crippen LogP contribution in [0.1, 0.15) is 4.88 Å². The van der Waals surface area contributed by atoms with Gasteiger partial charge in [0.15, 0.2) is 0 Å². The van der Waals surface area contributed by atoms with Crippen LogP contribution >= 0.6 is 46.8 Å². The molecule has 1 aromatic heterocycles. The molecule has 0 aliphatic carbocycles. The van der Waals surface area contributed by atoms with Crippen molar-refractivity contribution in [3.63, 3.8) is 0 Å². The predicted octanol–water partition coefficient (Wildman–Crippen LogP) is 3.49. The molecule has 3 N–H and O–H groups in total. The number of nitrogens with two attached hydrogens (primary N) is 1. The van der Waals surface area contributed by atoms with Crippen molar-refractivity contribution in [3.8, 4) is 0 Å². The Morgan fingerprint density at radius 2 is 1.80 bits per heavy atom. The third kappa shape index (κ3) is 3.62. The maximum atomic E-state index is 12.2. The molecule has 0 aliphatic rings. The van der Waals surface area contributed by atoms with Crippen LogP contribution in [0, 0.1) is 0 Å². The number of thiocarbonyl (C=S) groups is 1. The molecule has 0 amide bonds.